The quantitative estimate of drug-likeness (QED) is 0.441. The van der Waals surface area contributed by atoms with Crippen LogP contribution >= 0.6 is 0 Å². The first-order valence-electron chi connectivity index (χ1n) is 12.2. The van der Waals surface area contributed by atoms with Crippen LogP contribution in [0.4, 0.5) is 5.82 Å². The molecule has 1 fully saturated rings. The molecule has 1 aliphatic heterocycles. The highest BCUT2D eigenvalue weighted by Gasteiger charge is 2.32. The molecule has 4 aromatic rings. The zero-order valence-corrected chi connectivity index (χ0v) is 20.9. The van der Waals surface area contributed by atoms with E-state index in [1.165, 1.54) is 6.33 Å². The third-order valence-electron chi connectivity index (χ3n) is 6.28. The molecule has 4 heterocycles. The van der Waals surface area contributed by atoms with Crippen molar-refractivity contribution in [3.05, 3.63) is 60.4 Å². The summed E-state index contributed by atoms with van der Waals surface area (Å²) in [6, 6.07) is 9.05. The van der Waals surface area contributed by atoms with Gasteiger partial charge in [-0.1, -0.05) is 30.3 Å². The Morgan fingerprint density at radius 2 is 1.78 bits per heavy atom. The molecule has 1 aromatic carbocycles. The fourth-order valence-corrected chi connectivity index (χ4v) is 4.68. The van der Waals surface area contributed by atoms with Crippen LogP contribution in [0.1, 0.15) is 38.2 Å². The van der Waals surface area contributed by atoms with Crippen molar-refractivity contribution in [1.29, 1.82) is 0 Å². The number of imidazole rings is 1. The van der Waals surface area contributed by atoms with E-state index in [1.54, 1.807) is 12.4 Å². The molecule has 0 bridgehead atoms. The van der Waals surface area contributed by atoms with E-state index in [-0.39, 0.29) is 18.1 Å². The molecular formula is C26H30N8O2. The first-order chi connectivity index (χ1) is 17.4. The number of anilines is 1. The number of nitrogens with zero attached hydrogens (tertiary/aromatic N) is 7. The number of rotatable bonds is 6. The maximum absolute atomic E-state index is 13.8. The van der Waals surface area contributed by atoms with Crippen molar-refractivity contribution in [1.82, 2.24) is 34.4 Å². The molecule has 3 aromatic heterocycles. The summed E-state index contributed by atoms with van der Waals surface area (Å²) < 4.78 is 7.85. The molecule has 0 radical (unpaired) electrons. The van der Waals surface area contributed by atoms with E-state index in [4.69, 9.17) is 9.72 Å². The third kappa shape index (κ3) is 4.64. The minimum absolute atomic E-state index is 0.0283. The maximum atomic E-state index is 13.8. The van der Waals surface area contributed by atoms with Gasteiger partial charge in [-0.05, 0) is 33.3 Å². The van der Waals surface area contributed by atoms with Crippen LogP contribution in [0.15, 0.2) is 49.1 Å². The Kier molecular flexibility index (Phi) is 6.60. The van der Waals surface area contributed by atoms with Gasteiger partial charge in [0.05, 0.1) is 17.8 Å². The van der Waals surface area contributed by atoms with Crippen LogP contribution in [0.25, 0.3) is 22.6 Å². The molecule has 1 saturated heterocycles. The number of nitrogens with one attached hydrogen (secondary N) is 1. The van der Waals surface area contributed by atoms with Crippen LogP contribution in [-0.2, 0) is 16.1 Å². The fraction of sp³-hybridized carbons (Fsp3) is 0.385. The lowest BCUT2D eigenvalue weighted by Gasteiger charge is -2.37. The fourth-order valence-electron chi connectivity index (χ4n) is 4.68. The topological polar surface area (TPSA) is 111 Å². The standard InChI is InChI=1S/C26H30N8O2/c1-5-34-24(20-11-27-18(4)28-12-20)32-22-23(29-15-30-25(22)34)31-21(19-9-7-6-8-10-19)26(35)33-13-16(2)36-17(3)14-33/h6-12,15-17,21H,5,13-14H2,1-4H3,(H,29,30,31)/t16-,17+,21?. The number of hydrogen-bond acceptors (Lipinski definition) is 8. The number of benzene rings is 1. The lowest BCUT2D eigenvalue weighted by atomic mass is 10.0. The van der Waals surface area contributed by atoms with Crippen molar-refractivity contribution >= 4 is 22.9 Å². The molecule has 36 heavy (non-hydrogen) atoms. The van der Waals surface area contributed by atoms with E-state index >= 15 is 0 Å². The minimum Gasteiger partial charge on any atom is -0.372 e. The highest BCUT2D eigenvalue weighted by molar-refractivity contribution is 5.91. The predicted molar refractivity (Wildman–Crippen MR) is 136 cm³/mol. The summed E-state index contributed by atoms with van der Waals surface area (Å²) in [5.41, 5.74) is 2.91. The SMILES string of the molecule is CCn1c(-c2cnc(C)nc2)nc2c(NC(C(=O)N3C[C@@H](C)O[C@@H](C)C3)c3ccccc3)ncnc21. The molecule has 0 spiro atoms. The van der Waals surface area contributed by atoms with Crippen LogP contribution in [0.2, 0.25) is 0 Å². The molecule has 1 aliphatic rings. The zero-order valence-electron chi connectivity index (χ0n) is 20.9. The van der Waals surface area contributed by atoms with Gasteiger partial charge in [-0.25, -0.2) is 24.9 Å². The first kappa shape index (κ1) is 23.8. The van der Waals surface area contributed by atoms with Gasteiger partial charge in [0, 0.05) is 32.0 Å². The van der Waals surface area contributed by atoms with Gasteiger partial charge >= 0.3 is 0 Å². The largest absolute Gasteiger partial charge is 0.372 e. The maximum Gasteiger partial charge on any atom is 0.249 e. The molecule has 3 atom stereocenters. The lowest BCUT2D eigenvalue weighted by Crippen LogP contribution is -2.50. The Hall–Kier alpha value is -3.92. The molecule has 1 N–H and O–H groups in total. The molecule has 10 heteroatoms. The number of carbonyl (C=O) groups is 1. The second-order valence-corrected chi connectivity index (χ2v) is 9.08. The van der Waals surface area contributed by atoms with Crippen LogP contribution in [-0.4, -0.2) is 65.6 Å². The summed E-state index contributed by atoms with van der Waals surface area (Å²) in [6.07, 6.45) is 4.96. The van der Waals surface area contributed by atoms with Crippen molar-refractivity contribution < 1.29 is 9.53 Å². The number of hydrogen-bond donors (Lipinski definition) is 1. The Morgan fingerprint density at radius 3 is 2.44 bits per heavy atom. The van der Waals surface area contributed by atoms with Gasteiger partial charge in [-0.15, -0.1) is 0 Å². The molecule has 5 rings (SSSR count). The van der Waals surface area contributed by atoms with E-state index in [1.807, 2.05) is 67.5 Å². The highest BCUT2D eigenvalue weighted by Crippen LogP contribution is 2.29. The van der Waals surface area contributed by atoms with Crippen molar-refractivity contribution in [3.63, 3.8) is 0 Å². The number of ether oxygens (including phenoxy) is 1. The number of aryl methyl sites for hydroxylation is 2. The van der Waals surface area contributed by atoms with Gasteiger partial charge < -0.3 is 19.5 Å². The van der Waals surface area contributed by atoms with Crippen molar-refractivity contribution in [3.8, 4) is 11.4 Å². The van der Waals surface area contributed by atoms with Gasteiger partial charge in [-0.2, -0.15) is 0 Å². The van der Waals surface area contributed by atoms with Gasteiger partial charge in [-0.3, -0.25) is 4.79 Å². The summed E-state index contributed by atoms with van der Waals surface area (Å²) in [4.78, 5) is 38.2. The number of morpholine rings is 1. The van der Waals surface area contributed by atoms with Crippen LogP contribution < -0.4 is 5.32 Å². The van der Waals surface area contributed by atoms with E-state index in [0.717, 1.165) is 11.1 Å². The summed E-state index contributed by atoms with van der Waals surface area (Å²) in [5.74, 6) is 1.86. The number of amides is 1. The summed E-state index contributed by atoms with van der Waals surface area (Å²) in [7, 11) is 0. The highest BCUT2D eigenvalue weighted by atomic mass is 16.5. The Labute approximate surface area is 209 Å². The van der Waals surface area contributed by atoms with E-state index in [9.17, 15) is 4.79 Å². The Bertz CT molecular complexity index is 1350. The zero-order chi connectivity index (χ0) is 25.2. The molecule has 0 aliphatic carbocycles. The van der Waals surface area contributed by atoms with Crippen LogP contribution in [0.3, 0.4) is 0 Å². The van der Waals surface area contributed by atoms with Gasteiger partial charge in [0.15, 0.2) is 17.0 Å². The van der Waals surface area contributed by atoms with Gasteiger partial charge in [0.2, 0.25) is 5.91 Å². The smallest absolute Gasteiger partial charge is 0.249 e. The lowest BCUT2D eigenvalue weighted by molar-refractivity contribution is -0.144. The van der Waals surface area contributed by atoms with Crippen molar-refractivity contribution in [2.24, 2.45) is 0 Å². The number of fused-ring (bicyclic) bond motifs is 1. The summed E-state index contributed by atoms with van der Waals surface area (Å²) in [5, 5.41) is 3.40. The number of aromatic nitrogens is 6. The summed E-state index contributed by atoms with van der Waals surface area (Å²) in [6.45, 7) is 9.58. The summed E-state index contributed by atoms with van der Waals surface area (Å²) >= 11 is 0. The normalized spacial score (nSPS) is 18.8. The van der Waals surface area contributed by atoms with Crippen molar-refractivity contribution in [2.75, 3.05) is 18.4 Å². The van der Waals surface area contributed by atoms with E-state index < -0.39 is 6.04 Å². The van der Waals surface area contributed by atoms with E-state index in [2.05, 4.69) is 25.3 Å². The molecule has 0 saturated carbocycles. The van der Waals surface area contributed by atoms with Crippen LogP contribution in [0.5, 0.6) is 0 Å². The second-order valence-electron chi connectivity index (χ2n) is 9.08. The average molecular weight is 487 g/mol. The third-order valence-corrected chi connectivity index (χ3v) is 6.28. The molecular weight excluding hydrogens is 456 g/mol. The first-order valence-corrected chi connectivity index (χ1v) is 12.2. The van der Waals surface area contributed by atoms with Crippen LogP contribution in [0, 0.1) is 6.92 Å². The molecule has 1 amide bonds. The molecule has 1 unspecified atom stereocenters. The molecule has 10 nitrogen and oxygen atoms in total. The van der Waals surface area contributed by atoms with Gasteiger partial charge in [0.1, 0.15) is 24.0 Å². The second kappa shape index (κ2) is 9.98. The monoisotopic (exact) mass is 486 g/mol. The van der Waals surface area contributed by atoms with Crippen molar-refractivity contribution in [2.45, 2.75) is 52.5 Å². The average Bonchev–Trinajstić information content (AvgIpc) is 3.26. The van der Waals surface area contributed by atoms with Gasteiger partial charge in [0.25, 0.3) is 0 Å². The minimum atomic E-state index is -0.639. The Balaban J connectivity index is 1.56. The number of carbonyl (C=O) groups excluding carboxylic acids is 1. The predicted octanol–water partition coefficient (Wildman–Crippen LogP) is 3.40. The Morgan fingerprint density at radius 1 is 1.08 bits per heavy atom. The molecule has 186 valence electrons. The van der Waals surface area contributed by atoms with E-state index in [0.29, 0.717) is 48.3 Å².